The van der Waals surface area contributed by atoms with E-state index in [2.05, 4.69) is 38.7 Å². The van der Waals surface area contributed by atoms with E-state index in [-0.39, 0.29) is 10.6 Å². The third-order valence-electron chi connectivity index (χ3n) is 6.71. The van der Waals surface area contributed by atoms with Crippen LogP contribution in [0.2, 0.25) is 0 Å². The molecule has 0 radical (unpaired) electrons. The van der Waals surface area contributed by atoms with Crippen molar-refractivity contribution >= 4 is 59.6 Å². The third kappa shape index (κ3) is 3.60. The molecule has 1 saturated heterocycles. The maximum absolute atomic E-state index is 14.6. The SMILES string of the molecule is C=c1c(P)c(-c2ncc(F)c3sc(N)c(C#N)c23)c2c(/c1=C/N=C(C)N1CCC(C)C1)COC2. The first-order valence-corrected chi connectivity index (χ1v) is 12.5. The number of fused-ring (bicyclic) bond motifs is 2. The molecular formula is C25H25FN5OPS. The number of amidine groups is 1. The fourth-order valence-corrected chi connectivity index (χ4v) is 6.20. The lowest BCUT2D eigenvalue weighted by Gasteiger charge is -2.17. The zero-order valence-electron chi connectivity index (χ0n) is 19.1. The molecule has 2 N–H and O–H groups in total. The number of likely N-dealkylation sites (tertiary alicyclic amines) is 1. The first kappa shape index (κ1) is 22.9. The Morgan fingerprint density at radius 2 is 2.24 bits per heavy atom. The highest BCUT2D eigenvalue weighted by Crippen LogP contribution is 2.41. The number of rotatable bonds is 2. The van der Waals surface area contributed by atoms with Gasteiger partial charge in [-0.05, 0) is 40.9 Å². The number of hydrogen-bond acceptors (Lipinski definition) is 6. The van der Waals surface area contributed by atoms with Crippen molar-refractivity contribution in [1.29, 1.82) is 5.26 Å². The van der Waals surface area contributed by atoms with Gasteiger partial charge in [-0.3, -0.25) is 4.98 Å². The molecule has 2 atom stereocenters. The van der Waals surface area contributed by atoms with E-state index >= 15 is 0 Å². The maximum Gasteiger partial charge on any atom is 0.159 e. The number of anilines is 1. The summed E-state index contributed by atoms with van der Waals surface area (Å²) in [5, 5.41) is 13.0. The van der Waals surface area contributed by atoms with Gasteiger partial charge in [0, 0.05) is 35.5 Å². The smallest absolute Gasteiger partial charge is 0.159 e. The fraction of sp³-hybridized carbons (Fsp3) is 0.320. The topological polar surface area (TPSA) is 87.5 Å². The summed E-state index contributed by atoms with van der Waals surface area (Å²) in [7, 11) is 2.75. The summed E-state index contributed by atoms with van der Waals surface area (Å²) in [4.78, 5) is 11.5. The molecule has 0 aliphatic carbocycles. The van der Waals surface area contributed by atoms with Crippen LogP contribution < -0.4 is 21.5 Å². The number of nitrogens with zero attached hydrogens (tertiary/aromatic N) is 4. The quantitative estimate of drug-likeness (QED) is 0.337. The highest BCUT2D eigenvalue weighted by Gasteiger charge is 2.26. The third-order valence-corrected chi connectivity index (χ3v) is 8.37. The summed E-state index contributed by atoms with van der Waals surface area (Å²) < 4.78 is 20.7. The minimum absolute atomic E-state index is 0.250. The number of benzene rings is 1. The second-order valence-corrected chi connectivity index (χ2v) is 10.5. The van der Waals surface area contributed by atoms with Gasteiger partial charge in [0.25, 0.3) is 0 Å². The number of pyridine rings is 1. The number of hydrogen-bond donors (Lipinski definition) is 1. The molecule has 0 spiro atoms. The number of aromatic nitrogens is 1. The summed E-state index contributed by atoms with van der Waals surface area (Å²) in [6, 6.07) is 2.13. The van der Waals surface area contributed by atoms with Crippen LogP contribution in [0.15, 0.2) is 11.2 Å². The monoisotopic (exact) mass is 493 g/mol. The molecule has 9 heteroatoms. The van der Waals surface area contributed by atoms with E-state index in [1.807, 2.05) is 13.1 Å². The summed E-state index contributed by atoms with van der Waals surface area (Å²) >= 11 is 1.07. The van der Waals surface area contributed by atoms with Crippen molar-refractivity contribution in [3.63, 3.8) is 0 Å². The number of halogens is 1. The van der Waals surface area contributed by atoms with Crippen LogP contribution in [-0.2, 0) is 18.0 Å². The van der Waals surface area contributed by atoms with Crippen molar-refractivity contribution in [2.45, 2.75) is 33.5 Å². The van der Waals surface area contributed by atoms with Crippen LogP contribution in [-0.4, -0.2) is 28.8 Å². The van der Waals surface area contributed by atoms with Gasteiger partial charge in [0.15, 0.2) is 5.82 Å². The molecule has 34 heavy (non-hydrogen) atoms. The molecule has 5 rings (SSSR count). The van der Waals surface area contributed by atoms with Crippen LogP contribution in [0.1, 0.15) is 37.0 Å². The summed E-state index contributed by atoms with van der Waals surface area (Å²) in [6.45, 7) is 11.5. The van der Waals surface area contributed by atoms with E-state index < -0.39 is 5.82 Å². The first-order chi connectivity index (χ1) is 16.3. The van der Waals surface area contributed by atoms with Crippen molar-refractivity contribution in [2.75, 3.05) is 18.8 Å². The lowest BCUT2D eigenvalue weighted by atomic mass is 9.95. The number of nitriles is 1. The molecule has 2 aromatic heterocycles. The maximum atomic E-state index is 14.6. The Morgan fingerprint density at radius 1 is 1.47 bits per heavy atom. The Balaban J connectivity index is 1.74. The molecule has 1 aromatic carbocycles. The molecule has 0 amide bonds. The molecular weight excluding hydrogens is 468 g/mol. The van der Waals surface area contributed by atoms with Gasteiger partial charge in [0.2, 0.25) is 0 Å². The average molecular weight is 494 g/mol. The molecule has 0 bridgehead atoms. The van der Waals surface area contributed by atoms with Crippen molar-refractivity contribution in [2.24, 2.45) is 10.9 Å². The van der Waals surface area contributed by atoms with Crippen LogP contribution in [0, 0.1) is 23.1 Å². The predicted octanol–water partition coefficient (Wildman–Crippen LogP) is 3.00. The van der Waals surface area contributed by atoms with E-state index in [9.17, 15) is 9.65 Å². The van der Waals surface area contributed by atoms with Crippen LogP contribution in [0.3, 0.4) is 0 Å². The van der Waals surface area contributed by atoms with E-state index in [0.717, 1.165) is 62.7 Å². The predicted molar refractivity (Wildman–Crippen MR) is 140 cm³/mol. The van der Waals surface area contributed by atoms with Crippen molar-refractivity contribution in [1.82, 2.24) is 9.88 Å². The molecule has 2 unspecified atom stereocenters. The number of nitrogen functional groups attached to an aromatic ring is 1. The Hall–Kier alpha value is -2.85. The average Bonchev–Trinajstić information content (AvgIpc) is 3.54. The van der Waals surface area contributed by atoms with Gasteiger partial charge in [-0.1, -0.05) is 13.5 Å². The van der Waals surface area contributed by atoms with Gasteiger partial charge in [0.05, 0.1) is 35.4 Å². The largest absolute Gasteiger partial charge is 0.389 e. The standard InChI is InChI=1S/C25H25FN5OPS/c1-12-4-5-31(9-12)14(3)29-7-16-13(2)23(33)20(18-11-32-10-17(16)18)22-21-15(6-27)25(28)34-24(21)19(26)8-30-22/h7-8,12H,2,4-5,9-11,28,33H2,1,3H3/b16-7+,29-14?. The first-order valence-electron chi connectivity index (χ1n) is 11.1. The Kier molecular flexibility index (Phi) is 5.89. The van der Waals surface area contributed by atoms with Crippen molar-refractivity contribution in [3.8, 4) is 17.3 Å². The highest BCUT2D eigenvalue weighted by atomic mass is 32.1. The van der Waals surface area contributed by atoms with Crippen molar-refractivity contribution in [3.05, 3.63) is 39.1 Å². The van der Waals surface area contributed by atoms with Gasteiger partial charge < -0.3 is 15.4 Å². The number of thiophene rings is 1. The van der Waals surface area contributed by atoms with E-state index in [1.165, 1.54) is 12.6 Å². The van der Waals surface area contributed by atoms with Gasteiger partial charge in [-0.15, -0.1) is 20.6 Å². The van der Waals surface area contributed by atoms with Crippen LogP contribution in [0.4, 0.5) is 9.39 Å². The number of ether oxygens (including phenoxy) is 1. The molecule has 0 saturated carbocycles. The molecule has 2 aliphatic rings. The summed E-state index contributed by atoms with van der Waals surface area (Å²) in [6.07, 6.45) is 4.25. The molecule has 1 fully saturated rings. The lowest BCUT2D eigenvalue weighted by Crippen LogP contribution is -2.38. The van der Waals surface area contributed by atoms with E-state index in [1.54, 1.807) is 0 Å². The van der Waals surface area contributed by atoms with Gasteiger partial charge >= 0.3 is 0 Å². The second-order valence-electron chi connectivity index (χ2n) is 8.89. The van der Waals surface area contributed by atoms with Gasteiger partial charge in [0.1, 0.15) is 16.9 Å². The Bertz CT molecular complexity index is 1520. The summed E-state index contributed by atoms with van der Waals surface area (Å²) in [5.74, 6) is 1.17. The lowest BCUT2D eigenvalue weighted by molar-refractivity contribution is 0.134. The normalized spacial score (nSPS) is 18.7. The Morgan fingerprint density at radius 3 is 2.94 bits per heavy atom. The molecule has 6 nitrogen and oxygen atoms in total. The van der Waals surface area contributed by atoms with E-state index in [4.69, 9.17) is 15.5 Å². The molecule has 2 aliphatic heterocycles. The molecule has 4 heterocycles. The fourth-order valence-electron chi connectivity index (χ4n) is 4.82. The zero-order chi connectivity index (χ0) is 24.1. The summed E-state index contributed by atoms with van der Waals surface area (Å²) in [5.41, 5.74) is 9.58. The zero-order valence-corrected chi connectivity index (χ0v) is 21.1. The minimum atomic E-state index is -0.490. The molecule has 3 aromatic rings. The molecule has 174 valence electrons. The van der Waals surface area contributed by atoms with Crippen LogP contribution in [0.25, 0.3) is 34.1 Å². The van der Waals surface area contributed by atoms with Crippen molar-refractivity contribution < 1.29 is 9.13 Å². The van der Waals surface area contributed by atoms with Gasteiger partial charge in [-0.2, -0.15) is 5.26 Å². The highest BCUT2D eigenvalue weighted by molar-refractivity contribution is 7.28. The Labute approximate surface area is 203 Å². The number of aliphatic imine (C=N–C) groups is 1. The van der Waals surface area contributed by atoms with Crippen LogP contribution >= 0.6 is 20.6 Å². The minimum Gasteiger partial charge on any atom is -0.389 e. The number of nitrogens with two attached hydrogens (primary N) is 1. The van der Waals surface area contributed by atoms with E-state index in [0.29, 0.717) is 34.9 Å². The van der Waals surface area contributed by atoms with Gasteiger partial charge in [-0.25, -0.2) is 9.38 Å². The second kappa shape index (κ2) is 8.74. The van der Waals surface area contributed by atoms with Crippen LogP contribution in [0.5, 0.6) is 0 Å².